The van der Waals surface area contributed by atoms with Gasteiger partial charge in [0, 0.05) is 5.75 Å². The van der Waals surface area contributed by atoms with Crippen LogP contribution in [0.2, 0.25) is 0 Å². The second-order valence-electron chi connectivity index (χ2n) is 6.15. The third-order valence-electron chi connectivity index (χ3n) is 4.07. The van der Waals surface area contributed by atoms with Crippen molar-refractivity contribution >= 4 is 34.4 Å². The van der Waals surface area contributed by atoms with Crippen LogP contribution in [-0.4, -0.2) is 15.2 Å². The van der Waals surface area contributed by atoms with E-state index in [0.29, 0.717) is 10.8 Å². The Kier molecular flexibility index (Phi) is 5.71. The normalized spacial score (nSPS) is 11.7. The summed E-state index contributed by atoms with van der Waals surface area (Å²) >= 11 is 4.67. The van der Waals surface area contributed by atoms with Gasteiger partial charge in [0.1, 0.15) is 15.7 Å². The first-order valence-corrected chi connectivity index (χ1v) is 11.2. The second-order valence-corrected chi connectivity index (χ2v) is 9.09. The van der Waals surface area contributed by atoms with Crippen molar-refractivity contribution in [2.24, 2.45) is 0 Å². The first kappa shape index (κ1) is 20.1. The third-order valence-corrected chi connectivity index (χ3v) is 7.28. The first-order valence-electron chi connectivity index (χ1n) is 8.54. The van der Waals surface area contributed by atoms with Crippen LogP contribution >= 0.6 is 34.4 Å². The van der Waals surface area contributed by atoms with E-state index in [-0.39, 0.29) is 0 Å². The number of aromatic nitrogens is 3. The van der Waals surface area contributed by atoms with Crippen LogP contribution in [-0.2, 0) is 11.9 Å². The quantitative estimate of drug-likeness (QED) is 0.309. The second kappa shape index (κ2) is 8.25. The maximum atomic E-state index is 12.6. The lowest BCUT2D eigenvalue weighted by molar-refractivity contribution is -0.137. The number of thiophene rings is 1. The fourth-order valence-electron chi connectivity index (χ4n) is 2.61. The van der Waals surface area contributed by atoms with Gasteiger partial charge >= 0.3 is 6.18 Å². The molecule has 3 heterocycles. The summed E-state index contributed by atoms with van der Waals surface area (Å²) in [6, 6.07) is 13.0. The monoisotopic (exact) mass is 449 g/mol. The molecule has 148 valence electrons. The fourth-order valence-corrected chi connectivity index (χ4v) is 5.20. The van der Waals surface area contributed by atoms with Crippen LogP contribution in [0.3, 0.4) is 0 Å². The fraction of sp³-hybridized carbons (Fsp3) is 0.150. The summed E-state index contributed by atoms with van der Waals surface area (Å²) in [5, 5.41) is 12.3. The molecule has 0 atom stereocenters. The highest BCUT2D eigenvalue weighted by atomic mass is 32.2. The summed E-state index contributed by atoms with van der Waals surface area (Å²) in [5.74, 6) is 0.522. The van der Waals surface area contributed by atoms with Crippen molar-refractivity contribution in [3.05, 3.63) is 70.7 Å². The van der Waals surface area contributed by atoms with E-state index in [1.807, 2.05) is 36.6 Å². The molecule has 0 unspecified atom stereocenters. The maximum absolute atomic E-state index is 12.6. The molecular formula is C20H14F3N3S3. The van der Waals surface area contributed by atoms with Crippen LogP contribution < -0.4 is 0 Å². The number of thiazole rings is 1. The average Bonchev–Trinajstić information content (AvgIpc) is 3.36. The van der Waals surface area contributed by atoms with Crippen molar-refractivity contribution in [3.8, 4) is 20.5 Å². The van der Waals surface area contributed by atoms with Gasteiger partial charge in [0.25, 0.3) is 0 Å². The number of rotatable bonds is 5. The van der Waals surface area contributed by atoms with Gasteiger partial charge in [-0.2, -0.15) is 13.2 Å². The van der Waals surface area contributed by atoms with Gasteiger partial charge in [0.2, 0.25) is 0 Å². The molecule has 0 N–H and O–H groups in total. The SMILES string of the molecule is Cc1nc(-c2cccs2)sc1-c1ccc(SCc2ccc(C(F)(F)F)cc2)nn1. The standard InChI is InChI=1S/C20H14F3N3S3/c1-12-18(29-19(24-12)16-3-2-10-27-16)15-8-9-17(26-25-15)28-11-13-4-6-14(7-5-13)20(21,22)23/h2-10H,11H2,1H3. The van der Waals surface area contributed by atoms with Crippen molar-refractivity contribution in [3.63, 3.8) is 0 Å². The van der Waals surface area contributed by atoms with Crippen LogP contribution in [0.25, 0.3) is 20.5 Å². The number of halogens is 3. The molecule has 0 saturated carbocycles. The van der Waals surface area contributed by atoms with E-state index in [4.69, 9.17) is 0 Å². The summed E-state index contributed by atoms with van der Waals surface area (Å²) < 4.78 is 37.9. The van der Waals surface area contributed by atoms with E-state index in [0.717, 1.165) is 43.8 Å². The van der Waals surface area contributed by atoms with E-state index in [9.17, 15) is 13.2 Å². The van der Waals surface area contributed by atoms with E-state index in [2.05, 4.69) is 15.2 Å². The van der Waals surface area contributed by atoms with Gasteiger partial charge in [-0.3, -0.25) is 0 Å². The number of benzene rings is 1. The largest absolute Gasteiger partial charge is 0.416 e. The van der Waals surface area contributed by atoms with Gasteiger partial charge in [-0.1, -0.05) is 30.0 Å². The Morgan fingerprint density at radius 2 is 1.79 bits per heavy atom. The van der Waals surface area contributed by atoms with E-state index >= 15 is 0 Å². The molecule has 0 aliphatic carbocycles. The van der Waals surface area contributed by atoms with Crippen molar-refractivity contribution in [1.29, 1.82) is 0 Å². The summed E-state index contributed by atoms with van der Waals surface area (Å²) in [6.07, 6.45) is -4.31. The Morgan fingerprint density at radius 3 is 2.41 bits per heavy atom. The predicted octanol–water partition coefficient (Wildman–Crippen LogP) is 6.95. The van der Waals surface area contributed by atoms with Crippen LogP contribution in [0.1, 0.15) is 16.8 Å². The molecular weight excluding hydrogens is 435 g/mol. The Hall–Kier alpha value is -2.23. The lowest BCUT2D eigenvalue weighted by atomic mass is 10.1. The van der Waals surface area contributed by atoms with Gasteiger partial charge < -0.3 is 0 Å². The highest BCUT2D eigenvalue weighted by Gasteiger charge is 2.29. The number of nitrogens with zero attached hydrogens (tertiary/aromatic N) is 3. The van der Waals surface area contributed by atoms with Crippen molar-refractivity contribution in [1.82, 2.24) is 15.2 Å². The molecule has 4 aromatic rings. The summed E-state index contributed by atoms with van der Waals surface area (Å²) in [7, 11) is 0. The van der Waals surface area contributed by atoms with Gasteiger partial charge in [-0.05, 0) is 48.2 Å². The van der Waals surface area contributed by atoms with Crippen molar-refractivity contribution < 1.29 is 13.2 Å². The zero-order chi connectivity index (χ0) is 20.4. The summed E-state index contributed by atoms with van der Waals surface area (Å²) in [6.45, 7) is 1.96. The molecule has 4 rings (SSSR count). The van der Waals surface area contributed by atoms with E-state index < -0.39 is 11.7 Å². The molecule has 0 aliphatic rings. The maximum Gasteiger partial charge on any atom is 0.416 e. The number of aryl methyl sites for hydroxylation is 1. The first-order chi connectivity index (χ1) is 13.9. The molecule has 0 aliphatic heterocycles. The van der Waals surface area contributed by atoms with Crippen LogP contribution in [0.15, 0.2) is 58.9 Å². The highest BCUT2D eigenvalue weighted by Crippen LogP contribution is 2.36. The molecule has 3 aromatic heterocycles. The minimum Gasteiger partial charge on any atom is -0.240 e. The summed E-state index contributed by atoms with van der Waals surface area (Å²) in [4.78, 5) is 6.74. The van der Waals surface area contributed by atoms with Crippen LogP contribution in [0.4, 0.5) is 13.2 Å². The predicted molar refractivity (Wildman–Crippen MR) is 112 cm³/mol. The zero-order valence-electron chi connectivity index (χ0n) is 15.1. The molecule has 0 saturated heterocycles. The van der Waals surface area contributed by atoms with E-state index in [1.54, 1.807) is 22.7 Å². The Balaban J connectivity index is 1.43. The van der Waals surface area contributed by atoms with Gasteiger partial charge in [0.05, 0.1) is 21.0 Å². The summed E-state index contributed by atoms with van der Waals surface area (Å²) in [5.41, 5.74) is 1.84. The third kappa shape index (κ3) is 4.68. The van der Waals surface area contributed by atoms with E-state index in [1.165, 1.54) is 23.9 Å². The number of hydrogen-bond acceptors (Lipinski definition) is 6. The Morgan fingerprint density at radius 1 is 1.00 bits per heavy atom. The minimum absolute atomic E-state index is 0.522. The molecule has 0 spiro atoms. The molecule has 0 radical (unpaired) electrons. The Labute approximate surface area is 177 Å². The highest BCUT2D eigenvalue weighted by molar-refractivity contribution is 7.98. The van der Waals surface area contributed by atoms with Crippen LogP contribution in [0, 0.1) is 6.92 Å². The molecule has 0 bridgehead atoms. The molecule has 1 aromatic carbocycles. The van der Waals surface area contributed by atoms with Gasteiger partial charge in [0.15, 0.2) is 0 Å². The molecule has 0 fully saturated rings. The molecule has 29 heavy (non-hydrogen) atoms. The van der Waals surface area contributed by atoms with Gasteiger partial charge in [-0.25, -0.2) is 4.98 Å². The smallest absolute Gasteiger partial charge is 0.240 e. The molecule has 0 amide bonds. The van der Waals surface area contributed by atoms with Crippen molar-refractivity contribution in [2.45, 2.75) is 23.9 Å². The molecule has 9 heteroatoms. The lowest BCUT2D eigenvalue weighted by Gasteiger charge is -2.07. The number of alkyl halides is 3. The lowest BCUT2D eigenvalue weighted by Crippen LogP contribution is -2.04. The average molecular weight is 450 g/mol. The number of thioether (sulfide) groups is 1. The van der Waals surface area contributed by atoms with Crippen LogP contribution in [0.5, 0.6) is 0 Å². The zero-order valence-corrected chi connectivity index (χ0v) is 17.6. The van der Waals surface area contributed by atoms with Gasteiger partial charge in [-0.15, -0.1) is 32.9 Å². The topological polar surface area (TPSA) is 38.7 Å². The Bertz CT molecular complexity index is 1090. The molecule has 3 nitrogen and oxygen atoms in total. The van der Waals surface area contributed by atoms with Crippen molar-refractivity contribution in [2.75, 3.05) is 0 Å². The minimum atomic E-state index is -4.31. The number of hydrogen-bond donors (Lipinski definition) is 0.